The predicted molar refractivity (Wildman–Crippen MR) is 419 cm³/mol. The number of aromatic hydroxyl groups is 1. The van der Waals surface area contributed by atoms with Crippen LogP contribution in [0.15, 0.2) is 164 Å². The van der Waals surface area contributed by atoms with Crippen molar-refractivity contribution < 1.29 is 130 Å². The number of methoxy groups -OCH3 is 1. The second kappa shape index (κ2) is 42.4. The number of benzene rings is 6. The number of nitriles is 1. The molecule has 3 heterocycles. The van der Waals surface area contributed by atoms with Gasteiger partial charge in [0, 0.05) is 39.7 Å². The Morgan fingerprint density at radius 3 is 1.55 bits per heavy atom. The van der Waals surface area contributed by atoms with Crippen LogP contribution in [0.1, 0.15) is 41.5 Å². The molecule has 118 heavy (non-hydrogen) atoms. The summed E-state index contributed by atoms with van der Waals surface area (Å²) in [6, 6.07) is 25.4. The molecule has 6 aromatic carbocycles. The summed E-state index contributed by atoms with van der Waals surface area (Å²) >= 11 is 2.05. The van der Waals surface area contributed by atoms with Gasteiger partial charge >= 0.3 is 31.8 Å². The van der Waals surface area contributed by atoms with Gasteiger partial charge in [-0.25, -0.2) is 4.98 Å². The molecule has 58 heteroatoms. The van der Waals surface area contributed by atoms with Crippen molar-refractivity contribution in [1.82, 2.24) is 24.3 Å². The van der Waals surface area contributed by atoms with Crippen LogP contribution in [0.2, 0.25) is 0 Å². The molecule has 632 valence electrons. The number of imidazole rings is 1. The average molecular weight is 1850 g/mol. The van der Waals surface area contributed by atoms with E-state index in [1.807, 2.05) is 0 Å². The summed E-state index contributed by atoms with van der Waals surface area (Å²) in [6.45, 7) is 4.01. The molecular weight excluding hydrogens is 1790 g/mol. The van der Waals surface area contributed by atoms with Crippen LogP contribution < -0.4 is 25.4 Å². The zero-order valence-electron chi connectivity index (χ0n) is 60.4. The zero-order valence-corrected chi connectivity index (χ0v) is 69.3. The fourth-order valence-corrected chi connectivity index (χ4v) is 14.8. The number of nitrogens with one attached hydrogen (secondary N) is 3. The molecule has 9 rings (SSSR count). The maximum Gasteiger partial charge on any atom is 0.425 e. The highest BCUT2D eigenvalue weighted by Crippen LogP contribution is 2.46. The van der Waals surface area contributed by atoms with Crippen molar-refractivity contribution in [3.63, 3.8) is 0 Å². The van der Waals surface area contributed by atoms with E-state index in [1.54, 1.807) is 38.1 Å². The van der Waals surface area contributed by atoms with Crippen molar-refractivity contribution in [1.29, 1.82) is 5.26 Å². The molecule has 0 amide bonds. The van der Waals surface area contributed by atoms with Gasteiger partial charge in [-0.15, -0.1) is 92.1 Å². The number of fused-ring (bicyclic) bond motifs is 3. The van der Waals surface area contributed by atoms with E-state index in [1.165, 1.54) is 79.1 Å². The molecule has 0 fully saturated rings. The van der Waals surface area contributed by atoms with Crippen LogP contribution in [0.5, 0.6) is 17.4 Å². The van der Waals surface area contributed by atoms with Crippen molar-refractivity contribution >= 4 is 207 Å². The standard InChI is InChI=1S/C60H61N17O21S8.3O3S/c1-34-25-47(73-76-55-36(3)40(33-61)56-64-46-28-38(97-4)15-16-50(46)77(56)57(55)78)51(98-18-8-21-101(79,80)81)30-42(34)70-74-48-26-35(2)43(31-52(48)99-19-9-22-102(82,83)84)71-75-49-29-44(45(32-53(49)100-20-10-23-103(85,86)87)72-69-41-13-5-6-14-54(41)106(94,95)96)65-60-67-58(62-17-24-104(88,89)90)66-59(68-60)63-37-11-7-12-39(27-37)105(91,92)93;3*1-4(2)3/h5-7,11-16,25-32,78H,8-10,17-24H2,1-4H3,(H,79,80,81)(H,82,83,84)(H,85,86,87)(H,88,89,90)(H,91,92,93)(H,94,95,96)(H3,62,63,65,66,67,68);;;. The molecule has 0 unspecified atom stereocenters. The number of azo groups is 4. The summed E-state index contributed by atoms with van der Waals surface area (Å²) in [5.41, 5.74) is 1.65. The number of aromatic nitrogens is 5. The van der Waals surface area contributed by atoms with E-state index in [4.69, 9.17) is 47.4 Å². The smallest absolute Gasteiger partial charge is 0.425 e. The number of anilines is 5. The van der Waals surface area contributed by atoms with Gasteiger partial charge < -0.3 is 30.5 Å². The lowest BCUT2D eigenvalue weighted by Gasteiger charge is -2.14. The Morgan fingerprint density at radius 1 is 0.508 bits per heavy atom. The first-order valence-electron chi connectivity index (χ1n) is 31.9. The number of aryl methyl sites for hydroxylation is 2. The van der Waals surface area contributed by atoms with Crippen molar-refractivity contribution in [2.45, 2.75) is 59.6 Å². The van der Waals surface area contributed by atoms with Crippen LogP contribution in [0.4, 0.5) is 74.7 Å². The number of ether oxygens (including phenoxy) is 2. The summed E-state index contributed by atoms with van der Waals surface area (Å²) in [4.78, 5) is 16.8. The van der Waals surface area contributed by atoms with E-state index in [9.17, 15) is 88.2 Å². The van der Waals surface area contributed by atoms with Crippen LogP contribution >= 0.6 is 23.5 Å². The van der Waals surface area contributed by atoms with Gasteiger partial charge in [-0.1, -0.05) is 18.2 Å². The third-order valence-corrected chi connectivity index (χ3v) is 21.7. The molecule has 10 N–H and O–H groups in total. The lowest BCUT2D eigenvalue weighted by Crippen LogP contribution is -2.17. The Bertz CT molecular complexity index is 6520. The maximum absolute atomic E-state index is 12.5. The third kappa shape index (κ3) is 31.5. The Hall–Kier alpha value is -11.0. The second-order valence-electron chi connectivity index (χ2n) is 23.1. The minimum absolute atomic E-state index is 0.00213. The monoisotopic (exact) mass is 1850 g/mol. The van der Waals surface area contributed by atoms with Crippen molar-refractivity contribution in [3.05, 3.63) is 125 Å². The summed E-state index contributed by atoms with van der Waals surface area (Å²) in [6.07, 6.45) is -0.404. The molecule has 0 spiro atoms. The molecule has 47 nitrogen and oxygen atoms in total. The quantitative estimate of drug-likeness (QED) is 0.00776. The van der Waals surface area contributed by atoms with E-state index < -0.39 is 144 Å². The molecule has 3 aromatic heterocycles. The number of thioether (sulfide) groups is 2. The van der Waals surface area contributed by atoms with Crippen LogP contribution in [-0.4, -0.2) is 200 Å². The largest absolute Gasteiger partial charge is 0.497 e. The topological polar surface area (TPSA) is 733 Å². The molecule has 0 bridgehead atoms. The summed E-state index contributed by atoms with van der Waals surface area (Å²) < 4.78 is 290. The average Bonchev–Trinajstić information content (AvgIpc) is 1.60. The lowest BCUT2D eigenvalue weighted by molar-refractivity contribution is 0.317. The highest BCUT2D eigenvalue weighted by atomic mass is 32.2. The Labute approximate surface area is 682 Å². The molecular formula is C60H61N17O30S11. The maximum atomic E-state index is 12.5. The lowest BCUT2D eigenvalue weighted by atomic mass is 10.1. The molecule has 0 saturated carbocycles. The molecule has 0 saturated heterocycles. The van der Waals surface area contributed by atoms with Crippen LogP contribution in [0.25, 0.3) is 16.7 Å². The molecule has 0 aliphatic heterocycles. The molecule has 0 aliphatic rings. The molecule has 9 aromatic rings. The van der Waals surface area contributed by atoms with Crippen molar-refractivity contribution in [2.24, 2.45) is 40.9 Å². The van der Waals surface area contributed by atoms with E-state index in [-0.39, 0.29) is 134 Å². The van der Waals surface area contributed by atoms with Gasteiger partial charge in [0.05, 0.1) is 75.4 Å². The summed E-state index contributed by atoms with van der Waals surface area (Å²) in [5.74, 6) is -3.91. The number of hydrogen-bond acceptors (Lipinski definition) is 42. The van der Waals surface area contributed by atoms with E-state index >= 15 is 0 Å². The first-order valence-corrected chi connectivity index (χ1v) is 46.2. The van der Waals surface area contributed by atoms with Crippen LogP contribution in [-0.2, 0) is 92.5 Å². The van der Waals surface area contributed by atoms with Gasteiger partial charge in [0.2, 0.25) is 23.7 Å². The SMILES string of the molecule is COc1ccc2c(c1)nc1c(C#N)c(C)c(N=Nc3cc(C)c(N=Nc4cc(C)c(N=Nc5cc(Nc6nc(NCCS(=O)(=O)O)nc(Nc7cccc(S(=O)(=O)O)c7)n6)c(N=Nc6ccccc6S(=O)(=O)O)cc5SCCCS(=O)(=O)O)cc4SCCCS(=O)(=O)O)cc3OCCCS(=O)(=O)O)c(O)n12.O=S(=O)=O.O=S(=O)=O.O=S(=O)=O. The van der Waals surface area contributed by atoms with E-state index in [2.05, 4.69) is 82.9 Å². The van der Waals surface area contributed by atoms with E-state index in [0.717, 1.165) is 41.7 Å². The molecule has 0 aliphatic carbocycles. The van der Waals surface area contributed by atoms with Gasteiger partial charge in [0.25, 0.3) is 60.7 Å². The van der Waals surface area contributed by atoms with E-state index in [0.29, 0.717) is 32.8 Å². The predicted octanol–water partition coefficient (Wildman–Crippen LogP) is 9.51. The number of rotatable bonds is 34. The summed E-state index contributed by atoms with van der Waals surface area (Å²) in [5, 5.41) is 65.9. The zero-order chi connectivity index (χ0) is 87.8. The minimum atomic E-state index is -4.91. The van der Waals surface area contributed by atoms with Gasteiger partial charge in [-0.3, -0.25) is 31.7 Å². The minimum Gasteiger partial charge on any atom is -0.497 e. The fraction of sp³-hybridized carbons (Fsp3) is 0.250. The Kier molecular flexibility index (Phi) is 34.4. The molecule has 0 atom stereocenters. The molecule has 0 radical (unpaired) electrons. The van der Waals surface area contributed by atoms with Gasteiger partial charge in [0.1, 0.15) is 50.8 Å². The van der Waals surface area contributed by atoms with Gasteiger partial charge in [0.15, 0.2) is 11.3 Å². The van der Waals surface area contributed by atoms with Crippen LogP contribution in [0.3, 0.4) is 0 Å². The highest BCUT2D eigenvalue weighted by molar-refractivity contribution is 7.99. The number of nitrogens with zero attached hydrogens (tertiary/aromatic N) is 14. The Balaban J connectivity index is 0.00000168. The van der Waals surface area contributed by atoms with Gasteiger partial charge in [-0.05, 0) is 135 Å². The second-order valence-corrected chi connectivity index (χ2v) is 35.6. The van der Waals surface area contributed by atoms with Crippen molar-refractivity contribution in [3.8, 4) is 23.4 Å². The number of hydrogen-bond donors (Lipinski definition) is 10. The van der Waals surface area contributed by atoms with Crippen molar-refractivity contribution in [2.75, 3.05) is 70.7 Å². The highest BCUT2D eigenvalue weighted by Gasteiger charge is 2.24. The number of pyridine rings is 1. The van der Waals surface area contributed by atoms with Crippen LogP contribution in [0, 0.1) is 32.1 Å². The fourth-order valence-electron chi connectivity index (χ4n) is 9.54. The van der Waals surface area contributed by atoms with Gasteiger partial charge in [-0.2, -0.15) is 80.9 Å². The third-order valence-electron chi connectivity index (χ3n) is 14.5. The normalized spacial score (nSPS) is 12.0. The first kappa shape index (κ1) is 95.8. The Morgan fingerprint density at radius 2 is 1.00 bits per heavy atom. The first-order chi connectivity index (χ1) is 55.0. The summed E-state index contributed by atoms with van der Waals surface area (Å²) in [7, 11) is -35.4.